The fraction of sp³-hybridized carbons (Fsp3) is 0. The molecule has 5 rings (SSSR count). The topological polar surface area (TPSA) is 65.7 Å². The summed E-state index contributed by atoms with van der Waals surface area (Å²) in [5.74, 6) is -0.229. The van der Waals surface area contributed by atoms with Gasteiger partial charge in [0.05, 0.1) is 5.39 Å². The summed E-state index contributed by atoms with van der Waals surface area (Å²) in [4.78, 5) is 25.0. The molecular formula is C30H19FO5. The molecule has 0 saturated carbocycles. The molecule has 0 aliphatic heterocycles. The number of esters is 1. The second-order valence-corrected chi connectivity index (χ2v) is 7.89. The van der Waals surface area contributed by atoms with Crippen molar-refractivity contribution in [3.63, 3.8) is 0 Å². The van der Waals surface area contributed by atoms with E-state index in [0.29, 0.717) is 11.3 Å². The van der Waals surface area contributed by atoms with Gasteiger partial charge in [-0.05, 0) is 59.2 Å². The molecular weight excluding hydrogens is 459 g/mol. The first-order valence-corrected chi connectivity index (χ1v) is 11.1. The minimum Gasteiger partial charge on any atom is -0.460 e. The Morgan fingerprint density at radius 2 is 1.50 bits per heavy atom. The quantitative estimate of drug-likeness (QED) is 0.149. The van der Waals surface area contributed by atoms with Crippen molar-refractivity contribution in [2.75, 3.05) is 0 Å². The molecule has 5 aromatic rings. The number of fused-ring (bicyclic) bond motifs is 1. The fourth-order valence-corrected chi connectivity index (χ4v) is 3.59. The van der Waals surface area contributed by atoms with Crippen molar-refractivity contribution in [3.05, 3.63) is 131 Å². The average Bonchev–Trinajstić information content (AvgIpc) is 2.91. The molecule has 0 N–H and O–H groups in total. The zero-order valence-electron chi connectivity index (χ0n) is 18.9. The highest BCUT2D eigenvalue weighted by Gasteiger charge is 2.11. The number of halogens is 1. The molecule has 176 valence electrons. The minimum atomic E-state index is -0.625. The van der Waals surface area contributed by atoms with E-state index < -0.39 is 5.97 Å². The highest BCUT2D eigenvalue weighted by Crippen LogP contribution is 2.26. The predicted octanol–water partition coefficient (Wildman–Crippen LogP) is 7.01. The van der Waals surface area contributed by atoms with Crippen LogP contribution in [0.3, 0.4) is 0 Å². The standard InChI is InChI=1S/C30H19FO5/c31-23-11-6-20(7-12-23)8-17-29(32)36-25-15-16-26-27(18-25)34-19-28(30(26)33)35-24-13-9-22(10-14-24)21-4-2-1-3-5-21/h1-19H/b17-8+. The summed E-state index contributed by atoms with van der Waals surface area (Å²) in [6.45, 7) is 0. The van der Waals surface area contributed by atoms with E-state index in [-0.39, 0.29) is 33.7 Å². The van der Waals surface area contributed by atoms with Gasteiger partial charge in [-0.15, -0.1) is 0 Å². The maximum absolute atomic E-state index is 13.0. The summed E-state index contributed by atoms with van der Waals surface area (Å²) >= 11 is 0. The van der Waals surface area contributed by atoms with Crippen LogP contribution in [0.5, 0.6) is 17.2 Å². The van der Waals surface area contributed by atoms with E-state index in [9.17, 15) is 14.0 Å². The van der Waals surface area contributed by atoms with Crippen LogP contribution in [-0.2, 0) is 4.79 Å². The molecule has 0 amide bonds. The molecule has 0 spiro atoms. The molecule has 0 aliphatic carbocycles. The van der Waals surface area contributed by atoms with Gasteiger partial charge in [-0.3, -0.25) is 4.79 Å². The van der Waals surface area contributed by atoms with Crippen LogP contribution in [-0.4, -0.2) is 5.97 Å². The van der Waals surface area contributed by atoms with E-state index in [1.54, 1.807) is 24.3 Å². The van der Waals surface area contributed by atoms with Gasteiger partial charge in [0.15, 0.2) is 0 Å². The summed E-state index contributed by atoms with van der Waals surface area (Å²) in [5.41, 5.74) is 2.66. The van der Waals surface area contributed by atoms with Gasteiger partial charge in [-0.25, -0.2) is 9.18 Å². The Balaban J connectivity index is 1.29. The van der Waals surface area contributed by atoms with Crippen molar-refractivity contribution in [3.8, 4) is 28.4 Å². The van der Waals surface area contributed by atoms with Crippen LogP contribution in [0, 0.1) is 5.82 Å². The van der Waals surface area contributed by atoms with E-state index in [1.165, 1.54) is 48.7 Å². The highest BCUT2D eigenvalue weighted by atomic mass is 19.1. The number of hydrogen-bond acceptors (Lipinski definition) is 5. The van der Waals surface area contributed by atoms with Gasteiger partial charge in [0, 0.05) is 12.1 Å². The van der Waals surface area contributed by atoms with E-state index in [2.05, 4.69) is 0 Å². The number of ether oxygens (including phenoxy) is 2. The maximum Gasteiger partial charge on any atom is 0.336 e. The smallest absolute Gasteiger partial charge is 0.336 e. The molecule has 6 heteroatoms. The first-order valence-electron chi connectivity index (χ1n) is 11.1. The predicted molar refractivity (Wildman–Crippen MR) is 136 cm³/mol. The van der Waals surface area contributed by atoms with Crippen LogP contribution >= 0.6 is 0 Å². The van der Waals surface area contributed by atoms with Gasteiger partial charge in [-0.1, -0.05) is 54.6 Å². The third-order valence-electron chi connectivity index (χ3n) is 5.40. The normalized spacial score (nSPS) is 11.0. The van der Waals surface area contributed by atoms with Gasteiger partial charge in [0.25, 0.3) is 0 Å². The lowest BCUT2D eigenvalue weighted by molar-refractivity contribution is -0.128. The van der Waals surface area contributed by atoms with Crippen LogP contribution in [0.2, 0.25) is 0 Å². The van der Waals surface area contributed by atoms with E-state index in [1.807, 2.05) is 42.5 Å². The lowest BCUT2D eigenvalue weighted by Crippen LogP contribution is -2.06. The summed E-state index contributed by atoms with van der Waals surface area (Å²) in [6.07, 6.45) is 3.97. The molecule has 0 saturated heterocycles. The van der Waals surface area contributed by atoms with Gasteiger partial charge in [-0.2, -0.15) is 0 Å². The van der Waals surface area contributed by atoms with Crippen molar-refractivity contribution < 1.29 is 23.1 Å². The van der Waals surface area contributed by atoms with E-state index in [0.717, 1.165) is 11.1 Å². The van der Waals surface area contributed by atoms with Gasteiger partial charge in [0.2, 0.25) is 11.2 Å². The average molecular weight is 478 g/mol. The Morgan fingerprint density at radius 3 is 2.25 bits per heavy atom. The number of benzene rings is 4. The van der Waals surface area contributed by atoms with Gasteiger partial charge >= 0.3 is 5.97 Å². The Bertz CT molecular complexity index is 1600. The summed E-state index contributed by atoms with van der Waals surface area (Å²) in [6, 6.07) is 27.5. The molecule has 0 atom stereocenters. The zero-order valence-corrected chi connectivity index (χ0v) is 18.9. The molecule has 1 heterocycles. The summed E-state index contributed by atoms with van der Waals surface area (Å²) < 4.78 is 29.6. The number of carbonyl (C=O) groups excluding carboxylic acids is 1. The molecule has 4 aromatic carbocycles. The third-order valence-corrected chi connectivity index (χ3v) is 5.40. The molecule has 0 radical (unpaired) electrons. The van der Waals surface area contributed by atoms with Crippen LogP contribution in [0.1, 0.15) is 5.56 Å². The van der Waals surface area contributed by atoms with Crippen LogP contribution < -0.4 is 14.9 Å². The first kappa shape index (κ1) is 22.8. The van der Waals surface area contributed by atoms with Crippen molar-refractivity contribution in [1.82, 2.24) is 0 Å². The van der Waals surface area contributed by atoms with E-state index >= 15 is 0 Å². The lowest BCUT2D eigenvalue weighted by atomic mass is 10.1. The van der Waals surface area contributed by atoms with Crippen molar-refractivity contribution in [1.29, 1.82) is 0 Å². The molecule has 0 fully saturated rings. The Hall–Kier alpha value is -4.97. The van der Waals surface area contributed by atoms with Crippen molar-refractivity contribution >= 4 is 23.0 Å². The largest absolute Gasteiger partial charge is 0.460 e. The highest BCUT2D eigenvalue weighted by molar-refractivity contribution is 5.89. The maximum atomic E-state index is 13.0. The second kappa shape index (κ2) is 10.1. The number of carbonyl (C=O) groups is 1. The minimum absolute atomic E-state index is 0.0435. The number of rotatable bonds is 6. The Kier molecular flexibility index (Phi) is 6.40. The van der Waals surface area contributed by atoms with Crippen molar-refractivity contribution in [2.45, 2.75) is 0 Å². The first-order chi connectivity index (χ1) is 17.5. The third kappa shape index (κ3) is 5.23. The summed E-state index contributed by atoms with van der Waals surface area (Å²) in [7, 11) is 0. The lowest BCUT2D eigenvalue weighted by Gasteiger charge is -2.08. The second-order valence-electron chi connectivity index (χ2n) is 7.89. The molecule has 0 unspecified atom stereocenters. The Morgan fingerprint density at radius 1 is 0.806 bits per heavy atom. The monoisotopic (exact) mass is 478 g/mol. The SMILES string of the molecule is O=C(/C=C/c1ccc(F)cc1)Oc1ccc2c(=O)c(Oc3ccc(-c4ccccc4)cc3)coc2c1. The fourth-order valence-electron chi connectivity index (χ4n) is 3.59. The van der Waals surface area contributed by atoms with Gasteiger partial charge in [0.1, 0.15) is 29.2 Å². The number of hydrogen-bond donors (Lipinski definition) is 0. The van der Waals surface area contributed by atoms with Gasteiger partial charge < -0.3 is 13.9 Å². The van der Waals surface area contributed by atoms with Crippen LogP contribution in [0.25, 0.3) is 28.2 Å². The van der Waals surface area contributed by atoms with Crippen LogP contribution in [0.15, 0.2) is 119 Å². The van der Waals surface area contributed by atoms with Crippen molar-refractivity contribution in [2.24, 2.45) is 0 Å². The molecule has 1 aromatic heterocycles. The van der Waals surface area contributed by atoms with Crippen LogP contribution in [0.4, 0.5) is 4.39 Å². The summed E-state index contributed by atoms with van der Waals surface area (Å²) in [5, 5.41) is 0.287. The molecule has 36 heavy (non-hydrogen) atoms. The zero-order chi connectivity index (χ0) is 24.9. The molecule has 0 bridgehead atoms. The molecule has 0 aliphatic rings. The Labute approximate surface area is 205 Å². The molecule has 5 nitrogen and oxygen atoms in total. The van der Waals surface area contributed by atoms with E-state index in [4.69, 9.17) is 13.9 Å².